The van der Waals surface area contributed by atoms with Crippen LogP contribution in [0.5, 0.6) is 0 Å². The topological polar surface area (TPSA) is 73.8 Å². The number of nitrogens with zero attached hydrogens (tertiary/aromatic N) is 4. The minimum absolute atomic E-state index is 0.177. The number of carbonyl (C=O) groups excluding carboxylic acids is 1. The molecule has 0 saturated heterocycles. The maximum atomic E-state index is 13.9. The molecule has 4 aromatic rings. The van der Waals surface area contributed by atoms with E-state index in [9.17, 15) is 13.2 Å². The molecule has 0 atom stereocenters. The van der Waals surface area contributed by atoms with Gasteiger partial charge in [-0.1, -0.05) is 49.4 Å². The first-order valence-corrected chi connectivity index (χ1v) is 15.6. The Morgan fingerprint density at radius 1 is 1.00 bits per heavy atom. The van der Waals surface area contributed by atoms with Crippen molar-refractivity contribution >= 4 is 48.3 Å². The molecule has 1 aromatic heterocycles. The van der Waals surface area contributed by atoms with Gasteiger partial charge in [0.2, 0.25) is 0 Å². The number of benzene rings is 3. The maximum Gasteiger partial charge on any atom is 0.264 e. The summed E-state index contributed by atoms with van der Waals surface area (Å²) < 4.78 is 29.4. The van der Waals surface area contributed by atoms with E-state index in [1.54, 1.807) is 17.0 Å². The van der Waals surface area contributed by atoms with Crippen LogP contribution >= 0.6 is 11.3 Å². The molecule has 0 radical (unpaired) electrons. The highest BCUT2D eigenvalue weighted by Crippen LogP contribution is 2.34. The van der Waals surface area contributed by atoms with Crippen LogP contribution < -0.4 is 9.21 Å². The molecule has 0 bridgehead atoms. The van der Waals surface area contributed by atoms with Crippen LogP contribution in [0.1, 0.15) is 40.9 Å². The molecule has 1 aliphatic heterocycles. The van der Waals surface area contributed by atoms with Crippen LogP contribution in [-0.4, -0.2) is 56.9 Å². The molecule has 0 aliphatic carbocycles. The van der Waals surface area contributed by atoms with Crippen LogP contribution in [0.25, 0.3) is 10.2 Å². The summed E-state index contributed by atoms with van der Waals surface area (Å²) >= 11 is 1.51. The summed E-state index contributed by atoms with van der Waals surface area (Å²) in [6, 6.07) is 18.1. The van der Waals surface area contributed by atoms with Gasteiger partial charge in [-0.25, -0.2) is 13.4 Å². The first kappa shape index (κ1) is 27.3. The van der Waals surface area contributed by atoms with E-state index in [0.29, 0.717) is 36.8 Å². The predicted octanol–water partition coefficient (Wildman–Crippen LogP) is 5.65. The van der Waals surface area contributed by atoms with Crippen LogP contribution in [0.3, 0.4) is 0 Å². The minimum Gasteiger partial charge on any atom is -0.302 e. The number of fused-ring (bicyclic) bond motifs is 2. The van der Waals surface area contributed by atoms with Crippen LogP contribution in [0.4, 0.5) is 10.8 Å². The number of aryl methyl sites for hydroxylation is 2. The monoisotopic (exact) mass is 562 g/mol. The first-order valence-electron chi connectivity index (χ1n) is 13.4. The SMILES string of the molecule is CCN(CC)CCN(C(=O)c1ccc(S(=O)(=O)N2CCc3ccccc32)cc1)c1nc2c(C)cc(C)cc2s1. The van der Waals surface area contributed by atoms with Gasteiger partial charge in [-0.3, -0.25) is 14.0 Å². The molecule has 0 unspecified atom stereocenters. The average Bonchev–Trinajstić information content (AvgIpc) is 3.56. The van der Waals surface area contributed by atoms with Crippen LogP contribution in [0.2, 0.25) is 0 Å². The predicted molar refractivity (Wildman–Crippen MR) is 160 cm³/mol. The van der Waals surface area contributed by atoms with E-state index in [2.05, 4.69) is 37.8 Å². The normalized spacial score (nSPS) is 13.3. The molecule has 7 nitrogen and oxygen atoms in total. The third kappa shape index (κ3) is 5.31. The van der Waals surface area contributed by atoms with Crippen LogP contribution in [-0.2, 0) is 16.4 Å². The Balaban J connectivity index is 1.45. The molecule has 204 valence electrons. The molecule has 2 heterocycles. The molecule has 1 aliphatic rings. The maximum absolute atomic E-state index is 13.9. The number of likely N-dealkylation sites (N-methyl/N-ethyl adjacent to an activating group) is 1. The van der Waals surface area contributed by atoms with Gasteiger partial charge in [-0.15, -0.1) is 0 Å². The van der Waals surface area contributed by atoms with E-state index in [1.165, 1.54) is 27.8 Å². The van der Waals surface area contributed by atoms with Gasteiger partial charge in [-0.05, 0) is 86.4 Å². The fourth-order valence-corrected chi connectivity index (χ4v) is 7.82. The fourth-order valence-electron chi connectivity index (χ4n) is 5.15. The number of rotatable bonds is 9. The molecule has 0 spiro atoms. The third-order valence-electron chi connectivity index (χ3n) is 7.36. The minimum atomic E-state index is -3.73. The molecule has 0 N–H and O–H groups in total. The van der Waals surface area contributed by atoms with E-state index < -0.39 is 10.0 Å². The second kappa shape index (κ2) is 11.1. The Morgan fingerprint density at radius 2 is 1.72 bits per heavy atom. The van der Waals surface area contributed by atoms with Crippen molar-refractivity contribution in [3.05, 3.63) is 82.9 Å². The van der Waals surface area contributed by atoms with Gasteiger partial charge in [0.1, 0.15) is 0 Å². The zero-order chi connectivity index (χ0) is 27.7. The average molecular weight is 563 g/mol. The first-order chi connectivity index (χ1) is 18.7. The van der Waals surface area contributed by atoms with Crippen molar-refractivity contribution in [2.45, 2.75) is 39.0 Å². The Kier molecular flexibility index (Phi) is 7.75. The second-order valence-electron chi connectivity index (χ2n) is 9.89. The van der Waals surface area contributed by atoms with Gasteiger partial charge in [0.05, 0.1) is 20.8 Å². The van der Waals surface area contributed by atoms with Gasteiger partial charge in [-0.2, -0.15) is 0 Å². The number of hydrogen-bond acceptors (Lipinski definition) is 6. The Labute approximate surface area is 234 Å². The highest BCUT2D eigenvalue weighted by atomic mass is 32.2. The lowest BCUT2D eigenvalue weighted by atomic mass is 10.1. The molecular formula is C30H34N4O3S2. The molecule has 0 fully saturated rings. The highest BCUT2D eigenvalue weighted by molar-refractivity contribution is 7.92. The second-order valence-corrected chi connectivity index (χ2v) is 12.8. The number of amides is 1. The number of thiazole rings is 1. The van der Waals surface area contributed by atoms with Gasteiger partial charge in [0.15, 0.2) is 5.13 Å². The summed E-state index contributed by atoms with van der Waals surface area (Å²) in [7, 11) is -3.73. The summed E-state index contributed by atoms with van der Waals surface area (Å²) in [5.41, 5.74) is 5.34. The Hall–Kier alpha value is -3.27. The molecular weight excluding hydrogens is 528 g/mol. The van der Waals surface area contributed by atoms with Crippen LogP contribution in [0.15, 0.2) is 65.6 Å². The standard InChI is InChI=1S/C30H34N4O3S2/c1-5-32(6-2)17-18-33(30-31-28-22(4)19-21(3)20-27(28)38-30)29(35)24-11-13-25(14-12-24)39(36,37)34-16-15-23-9-7-8-10-26(23)34/h7-14,19-20H,5-6,15-18H2,1-4H3. The molecule has 1 amide bonds. The summed E-state index contributed by atoms with van der Waals surface area (Å²) in [6.07, 6.45) is 0.689. The molecule has 39 heavy (non-hydrogen) atoms. The zero-order valence-electron chi connectivity index (χ0n) is 22.8. The number of sulfonamides is 1. The fraction of sp³-hybridized carbons (Fsp3) is 0.333. The van der Waals surface area contributed by atoms with Crippen LogP contribution in [0, 0.1) is 13.8 Å². The number of carbonyl (C=O) groups is 1. The molecule has 0 saturated carbocycles. The largest absolute Gasteiger partial charge is 0.302 e. The highest BCUT2D eigenvalue weighted by Gasteiger charge is 2.31. The Morgan fingerprint density at radius 3 is 2.44 bits per heavy atom. The van der Waals surface area contributed by atoms with E-state index in [4.69, 9.17) is 4.98 Å². The van der Waals surface area contributed by atoms with Gasteiger partial charge in [0.25, 0.3) is 15.9 Å². The van der Waals surface area contributed by atoms with Crippen molar-refractivity contribution in [1.82, 2.24) is 9.88 Å². The zero-order valence-corrected chi connectivity index (χ0v) is 24.5. The lowest BCUT2D eigenvalue weighted by Gasteiger charge is -2.25. The van der Waals surface area contributed by atoms with Crippen molar-refractivity contribution in [3.8, 4) is 0 Å². The van der Waals surface area contributed by atoms with Gasteiger partial charge in [0, 0.05) is 25.2 Å². The smallest absolute Gasteiger partial charge is 0.264 e. The number of anilines is 2. The molecule has 3 aromatic carbocycles. The summed E-state index contributed by atoms with van der Waals surface area (Å²) in [5.74, 6) is -0.189. The van der Waals surface area contributed by atoms with E-state index in [-0.39, 0.29) is 10.8 Å². The van der Waals surface area contributed by atoms with Crippen molar-refractivity contribution in [2.24, 2.45) is 0 Å². The molecule has 5 rings (SSSR count). The number of aromatic nitrogens is 1. The number of hydrogen-bond donors (Lipinski definition) is 0. The van der Waals surface area contributed by atoms with Crippen molar-refractivity contribution in [2.75, 3.05) is 41.9 Å². The quantitative estimate of drug-likeness (QED) is 0.264. The lowest BCUT2D eigenvalue weighted by Crippen LogP contribution is -2.39. The number of para-hydroxylation sites is 1. The molecule has 9 heteroatoms. The van der Waals surface area contributed by atoms with Crippen molar-refractivity contribution < 1.29 is 13.2 Å². The van der Waals surface area contributed by atoms with E-state index >= 15 is 0 Å². The van der Waals surface area contributed by atoms with Crippen molar-refractivity contribution in [3.63, 3.8) is 0 Å². The van der Waals surface area contributed by atoms with Gasteiger partial charge >= 0.3 is 0 Å². The summed E-state index contributed by atoms with van der Waals surface area (Å²) in [5, 5.41) is 0.654. The van der Waals surface area contributed by atoms with Crippen molar-refractivity contribution in [1.29, 1.82) is 0 Å². The Bertz CT molecular complexity index is 1610. The summed E-state index contributed by atoms with van der Waals surface area (Å²) in [4.78, 5) is 22.9. The lowest BCUT2D eigenvalue weighted by molar-refractivity contribution is 0.0983. The van der Waals surface area contributed by atoms with E-state index in [1.807, 2.05) is 31.2 Å². The summed E-state index contributed by atoms with van der Waals surface area (Å²) in [6.45, 7) is 11.7. The van der Waals surface area contributed by atoms with E-state index in [0.717, 1.165) is 45.7 Å². The van der Waals surface area contributed by atoms with Gasteiger partial charge < -0.3 is 4.90 Å². The third-order valence-corrected chi connectivity index (χ3v) is 10.2.